The van der Waals surface area contributed by atoms with Crippen LogP contribution in [0.2, 0.25) is 0 Å². The third-order valence-electron chi connectivity index (χ3n) is 12.0. The number of cyclic esters (lactones) is 1. The molecule has 2 N–H and O–H groups in total. The summed E-state index contributed by atoms with van der Waals surface area (Å²) in [5, 5.41) is 24.3. The number of hydrogen-bond acceptors (Lipinski definition) is 11. The molecule has 8 aliphatic rings. The topological polar surface area (TPSA) is 150 Å². The van der Waals surface area contributed by atoms with Crippen LogP contribution in [0.4, 0.5) is 0 Å². The van der Waals surface area contributed by atoms with Crippen molar-refractivity contribution in [3.63, 3.8) is 0 Å². The fourth-order valence-corrected chi connectivity index (χ4v) is 9.89. The molecule has 8 rings (SSSR count). The Kier molecular flexibility index (Phi) is 5.42. The molecule has 13 atom stereocenters. The van der Waals surface area contributed by atoms with Crippen LogP contribution in [0, 0.1) is 22.7 Å². The van der Waals surface area contributed by atoms with Crippen LogP contribution in [0.1, 0.15) is 52.9 Å². The van der Waals surface area contributed by atoms with E-state index in [9.17, 15) is 24.6 Å². The van der Waals surface area contributed by atoms with Crippen LogP contribution in [0.3, 0.4) is 0 Å². The molecule has 0 radical (unpaired) electrons. The van der Waals surface area contributed by atoms with Crippen molar-refractivity contribution in [2.75, 3.05) is 13.4 Å². The van der Waals surface area contributed by atoms with Crippen LogP contribution >= 0.6 is 0 Å². The molecule has 0 bridgehead atoms. The van der Waals surface area contributed by atoms with Gasteiger partial charge in [0.25, 0.3) is 0 Å². The Morgan fingerprint density at radius 1 is 1.12 bits per heavy atom. The molecule has 6 fully saturated rings. The first-order valence-corrected chi connectivity index (χ1v) is 14.7. The highest BCUT2D eigenvalue weighted by molar-refractivity contribution is 5.98. The Hall–Kier alpha value is -1.99. The van der Waals surface area contributed by atoms with Crippen molar-refractivity contribution in [1.29, 1.82) is 0 Å². The van der Waals surface area contributed by atoms with Crippen LogP contribution in [-0.4, -0.2) is 95.3 Å². The summed E-state index contributed by atoms with van der Waals surface area (Å²) in [5.41, 5.74) is -3.47. The van der Waals surface area contributed by atoms with Crippen molar-refractivity contribution in [3.8, 4) is 0 Å². The first-order valence-electron chi connectivity index (χ1n) is 14.7. The molecule has 0 aromatic carbocycles. The molecule has 41 heavy (non-hydrogen) atoms. The molecular formula is C30H36O11. The molecule has 1 spiro atoms. The maximum Gasteiger partial charge on any atom is 0.331 e. The van der Waals surface area contributed by atoms with E-state index in [4.69, 9.17) is 28.4 Å². The van der Waals surface area contributed by atoms with Gasteiger partial charge in [-0.05, 0) is 62.9 Å². The molecular weight excluding hydrogens is 536 g/mol. The molecule has 4 aliphatic carbocycles. The second-order valence-corrected chi connectivity index (χ2v) is 13.7. The van der Waals surface area contributed by atoms with Gasteiger partial charge < -0.3 is 38.6 Å². The molecule has 0 aromatic rings. The average molecular weight is 573 g/mol. The third kappa shape index (κ3) is 3.10. The summed E-state index contributed by atoms with van der Waals surface area (Å²) in [6.07, 6.45) is 1.41. The zero-order chi connectivity index (χ0) is 28.7. The van der Waals surface area contributed by atoms with Gasteiger partial charge >= 0.3 is 5.97 Å². The highest BCUT2D eigenvalue weighted by Gasteiger charge is 2.87. The van der Waals surface area contributed by atoms with Crippen LogP contribution in [0.5, 0.6) is 0 Å². The number of ketones is 2. The van der Waals surface area contributed by atoms with E-state index in [0.29, 0.717) is 36.8 Å². The van der Waals surface area contributed by atoms with Crippen LogP contribution < -0.4 is 0 Å². The van der Waals surface area contributed by atoms with Crippen LogP contribution in [-0.2, 0) is 42.8 Å². The molecule has 3 saturated heterocycles. The van der Waals surface area contributed by atoms with Crippen molar-refractivity contribution < 1.29 is 53.0 Å². The predicted octanol–water partition coefficient (Wildman–Crippen LogP) is 0.885. The van der Waals surface area contributed by atoms with E-state index in [1.54, 1.807) is 6.92 Å². The van der Waals surface area contributed by atoms with Crippen molar-refractivity contribution in [1.82, 2.24) is 0 Å². The molecule has 11 heteroatoms. The Morgan fingerprint density at radius 2 is 1.93 bits per heavy atom. The number of esters is 1. The minimum Gasteiger partial charge on any atom is -0.458 e. The maximum absolute atomic E-state index is 14.1. The van der Waals surface area contributed by atoms with E-state index in [-0.39, 0.29) is 49.8 Å². The van der Waals surface area contributed by atoms with Gasteiger partial charge in [0.15, 0.2) is 11.9 Å². The molecule has 3 saturated carbocycles. The minimum absolute atomic E-state index is 0.0359. The second kappa shape index (κ2) is 8.34. The summed E-state index contributed by atoms with van der Waals surface area (Å²) in [7, 11) is 0. The van der Waals surface area contributed by atoms with Gasteiger partial charge in [0, 0.05) is 17.6 Å². The van der Waals surface area contributed by atoms with Gasteiger partial charge in [-0.25, -0.2) is 4.79 Å². The first kappa shape index (κ1) is 26.6. The lowest BCUT2D eigenvalue weighted by atomic mass is 9.41. The third-order valence-corrected chi connectivity index (χ3v) is 12.0. The number of rotatable bonds is 3. The van der Waals surface area contributed by atoms with Gasteiger partial charge in [-0.15, -0.1) is 0 Å². The summed E-state index contributed by atoms with van der Waals surface area (Å²) >= 11 is 0. The Morgan fingerprint density at radius 3 is 2.68 bits per heavy atom. The van der Waals surface area contributed by atoms with E-state index >= 15 is 0 Å². The monoisotopic (exact) mass is 572 g/mol. The van der Waals surface area contributed by atoms with Crippen molar-refractivity contribution >= 4 is 17.5 Å². The lowest BCUT2D eigenvalue weighted by Gasteiger charge is -2.62. The molecule has 0 aromatic heterocycles. The van der Waals surface area contributed by atoms with Gasteiger partial charge in [-0.1, -0.05) is 13.0 Å². The number of fused-ring (bicyclic) bond motifs is 4. The average Bonchev–Trinajstić information content (AvgIpc) is 3.24. The van der Waals surface area contributed by atoms with Gasteiger partial charge in [0.1, 0.15) is 36.8 Å². The number of carbonyl (C=O) groups is 3. The fraction of sp³-hybridized carbons (Fsp3) is 0.767. The Balaban J connectivity index is 1.06. The number of aliphatic hydroxyl groups is 2. The quantitative estimate of drug-likeness (QED) is 0.282. The van der Waals surface area contributed by atoms with E-state index in [1.807, 2.05) is 13.0 Å². The van der Waals surface area contributed by atoms with E-state index < -0.39 is 64.3 Å². The highest BCUT2D eigenvalue weighted by Crippen LogP contribution is 2.76. The summed E-state index contributed by atoms with van der Waals surface area (Å²) in [6.45, 7) is 5.71. The summed E-state index contributed by atoms with van der Waals surface area (Å²) in [5.74, 6) is -1.76. The van der Waals surface area contributed by atoms with Crippen LogP contribution in [0.15, 0.2) is 23.3 Å². The normalized spacial score (nSPS) is 55.2. The maximum atomic E-state index is 14.1. The largest absolute Gasteiger partial charge is 0.458 e. The number of epoxide rings is 1. The van der Waals surface area contributed by atoms with Crippen molar-refractivity contribution in [2.45, 2.75) is 107 Å². The molecule has 4 heterocycles. The SMILES string of the molecule is C[C@@H]1O[C@H](O[C@H]2CC[C@@]3(C)[C@@H](C2)C[C@@H]2O[C@]24[C@H]3[C@H](O)C(=O)[C@]2(C)C(C3=CC(=O)OC3)=CC[C@]24O)C(=O)[C@@H]2OCO[C@@H]12. The number of hydrogen-bond donors (Lipinski definition) is 2. The summed E-state index contributed by atoms with van der Waals surface area (Å²) < 4.78 is 34.7. The first-order chi connectivity index (χ1) is 19.5. The standard InChI is InChI=1S/C30H36O11/c1-13-22-23(38-12-37-22)20(32)26(39-13)40-16-4-6-27(2)15(9-16)10-18-30(41-18)24(27)21(33)25(34)28(3)17(5-7-29(28,30)35)14-8-19(31)36-11-14/h5,8,13,15-16,18,21-24,26,33,35H,4,6-7,9-12H2,1-3H3/t13-,15-,16-,18-,21-,22-,23-,24-,26+,27-,28-,29-,30-/m0/s1. The number of carbonyl (C=O) groups excluding carboxylic acids is 3. The van der Waals surface area contributed by atoms with Gasteiger partial charge in [-0.2, -0.15) is 0 Å². The van der Waals surface area contributed by atoms with Crippen LogP contribution in [0.25, 0.3) is 0 Å². The van der Waals surface area contributed by atoms with E-state index in [1.165, 1.54) is 6.08 Å². The molecule has 11 nitrogen and oxygen atoms in total. The second-order valence-electron chi connectivity index (χ2n) is 13.7. The molecule has 4 aliphatic heterocycles. The smallest absolute Gasteiger partial charge is 0.331 e. The molecule has 0 unspecified atom stereocenters. The lowest BCUT2D eigenvalue weighted by Crippen LogP contribution is -2.75. The highest BCUT2D eigenvalue weighted by atomic mass is 16.8. The Labute approximate surface area is 237 Å². The summed E-state index contributed by atoms with van der Waals surface area (Å²) in [6, 6.07) is 0. The number of ether oxygens (including phenoxy) is 6. The number of Topliss-reactive ketones (excluding diaryl/α,β-unsaturated/α-hetero) is 2. The predicted molar refractivity (Wildman–Crippen MR) is 136 cm³/mol. The fourth-order valence-electron chi connectivity index (χ4n) is 9.89. The van der Waals surface area contributed by atoms with Gasteiger partial charge in [0.2, 0.25) is 12.1 Å². The van der Waals surface area contributed by atoms with Crippen molar-refractivity contribution in [2.24, 2.45) is 22.7 Å². The van der Waals surface area contributed by atoms with E-state index in [2.05, 4.69) is 6.92 Å². The van der Waals surface area contributed by atoms with Gasteiger partial charge in [0.05, 0.1) is 23.7 Å². The number of aliphatic hydroxyl groups excluding tert-OH is 1. The Bertz CT molecular complexity index is 1310. The van der Waals surface area contributed by atoms with Gasteiger partial charge in [-0.3, -0.25) is 9.59 Å². The molecule has 222 valence electrons. The lowest BCUT2D eigenvalue weighted by molar-refractivity contribution is -0.245. The van der Waals surface area contributed by atoms with E-state index in [0.717, 1.165) is 0 Å². The zero-order valence-corrected chi connectivity index (χ0v) is 23.4. The summed E-state index contributed by atoms with van der Waals surface area (Å²) in [4.78, 5) is 39.0. The van der Waals surface area contributed by atoms with Crippen molar-refractivity contribution in [3.05, 3.63) is 23.3 Å². The zero-order valence-electron chi connectivity index (χ0n) is 23.4. The minimum atomic E-state index is -1.56. The molecule has 0 amide bonds.